The highest BCUT2D eigenvalue weighted by molar-refractivity contribution is 4.90. The fourth-order valence-corrected chi connectivity index (χ4v) is 3.23. The van der Waals surface area contributed by atoms with Crippen LogP contribution in [0.5, 0.6) is 0 Å². The summed E-state index contributed by atoms with van der Waals surface area (Å²) < 4.78 is 6.08. The Kier molecular flexibility index (Phi) is 5.32. The molecular formula is C15H25NO. The molecule has 0 aromatic carbocycles. The van der Waals surface area contributed by atoms with Crippen molar-refractivity contribution >= 4 is 0 Å². The van der Waals surface area contributed by atoms with Crippen molar-refractivity contribution < 1.29 is 4.74 Å². The molecular weight excluding hydrogens is 210 g/mol. The molecule has 2 atom stereocenters. The highest BCUT2D eigenvalue weighted by Crippen LogP contribution is 2.28. The highest BCUT2D eigenvalue weighted by atomic mass is 16.5. The summed E-state index contributed by atoms with van der Waals surface area (Å²) in [6.07, 6.45) is 12.9. The molecule has 0 aliphatic heterocycles. The van der Waals surface area contributed by atoms with Crippen molar-refractivity contribution in [3.63, 3.8) is 0 Å². The summed E-state index contributed by atoms with van der Waals surface area (Å²) in [4.78, 5) is 0. The van der Waals surface area contributed by atoms with Gasteiger partial charge in [-0.2, -0.15) is 5.26 Å². The van der Waals surface area contributed by atoms with Gasteiger partial charge in [-0.25, -0.2) is 0 Å². The zero-order valence-corrected chi connectivity index (χ0v) is 10.9. The van der Waals surface area contributed by atoms with Crippen LogP contribution in [-0.4, -0.2) is 12.7 Å². The van der Waals surface area contributed by atoms with Gasteiger partial charge in [-0.15, -0.1) is 0 Å². The lowest BCUT2D eigenvalue weighted by Gasteiger charge is -2.26. The summed E-state index contributed by atoms with van der Waals surface area (Å²) in [6.45, 7) is 0.906. The standard InChI is InChI=1S/C15H25NO/c16-11-14-9-5-2-6-10-15(14)17-12-13-7-3-1-4-8-13/h13-15H,1-10,12H2. The molecule has 0 saturated heterocycles. The quantitative estimate of drug-likeness (QED) is 0.691. The number of ether oxygens (including phenoxy) is 1. The van der Waals surface area contributed by atoms with Gasteiger partial charge in [-0.05, 0) is 31.6 Å². The van der Waals surface area contributed by atoms with Crippen LogP contribution in [0.1, 0.15) is 64.2 Å². The van der Waals surface area contributed by atoms with E-state index in [9.17, 15) is 5.26 Å². The van der Waals surface area contributed by atoms with Gasteiger partial charge < -0.3 is 4.74 Å². The van der Waals surface area contributed by atoms with E-state index < -0.39 is 0 Å². The van der Waals surface area contributed by atoms with Gasteiger partial charge in [-0.1, -0.05) is 38.5 Å². The van der Waals surface area contributed by atoms with Crippen molar-refractivity contribution in [2.75, 3.05) is 6.61 Å². The second kappa shape index (κ2) is 7.01. The van der Waals surface area contributed by atoms with E-state index in [1.807, 2.05) is 0 Å². The Morgan fingerprint density at radius 2 is 1.53 bits per heavy atom. The fourth-order valence-electron chi connectivity index (χ4n) is 3.23. The average Bonchev–Trinajstić information content (AvgIpc) is 2.62. The molecule has 2 aliphatic rings. The molecule has 0 amide bonds. The van der Waals surface area contributed by atoms with Crippen LogP contribution in [0.15, 0.2) is 0 Å². The summed E-state index contributed by atoms with van der Waals surface area (Å²) >= 11 is 0. The van der Waals surface area contributed by atoms with Crippen LogP contribution in [0.25, 0.3) is 0 Å². The van der Waals surface area contributed by atoms with Gasteiger partial charge in [0.2, 0.25) is 0 Å². The number of hydrogen-bond acceptors (Lipinski definition) is 2. The van der Waals surface area contributed by atoms with Crippen molar-refractivity contribution in [3.05, 3.63) is 0 Å². The predicted molar refractivity (Wildman–Crippen MR) is 68.5 cm³/mol. The molecule has 96 valence electrons. The molecule has 2 nitrogen and oxygen atoms in total. The van der Waals surface area contributed by atoms with Crippen LogP contribution >= 0.6 is 0 Å². The number of nitrogens with zero attached hydrogens (tertiary/aromatic N) is 1. The van der Waals surface area contributed by atoms with Crippen molar-refractivity contribution in [3.8, 4) is 6.07 Å². The Hall–Kier alpha value is -0.550. The van der Waals surface area contributed by atoms with E-state index >= 15 is 0 Å². The van der Waals surface area contributed by atoms with Crippen LogP contribution in [0.2, 0.25) is 0 Å². The maximum Gasteiger partial charge on any atom is 0.0733 e. The summed E-state index contributed by atoms with van der Waals surface area (Å²) in [5.74, 6) is 0.924. The van der Waals surface area contributed by atoms with Crippen LogP contribution in [-0.2, 0) is 4.74 Å². The molecule has 0 aromatic heterocycles. The van der Waals surface area contributed by atoms with Gasteiger partial charge in [-0.3, -0.25) is 0 Å². The first kappa shape index (κ1) is 12.9. The molecule has 0 aromatic rings. The molecule has 17 heavy (non-hydrogen) atoms. The van der Waals surface area contributed by atoms with E-state index in [1.165, 1.54) is 51.4 Å². The maximum absolute atomic E-state index is 9.19. The van der Waals surface area contributed by atoms with Crippen LogP contribution in [0, 0.1) is 23.2 Å². The minimum atomic E-state index is 0.154. The predicted octanol–water partition coefficient (Wildman–Crippen LogP) is 4.06. The molecule has 2 saturated carbocycles. The SMILES string of the molecule is N#CC1CCCCCC1OCC1CCCCC1. The molecule has 0 spiro atoms. The van der Waals surface area contributed by atoms with Gasteiger partial charge in [0, 0.05) is 6.61 Å². The Morgan fingerprint density at radius 3 is 2.24 bits per heavy atom. The van der Waals surface area contributed by atoms with Crippen molar-refractivity contribution in [1.29, 1.82) is 5.26 Å². The smallest absolute Gasteiger partial charge is 0.0733 e. The normalized spacial score (nSPS) is 31.7. The van der Waals surface area contributed by atoms with E-state index in [-0.39, 0.29) is 12.0 Å². The van der Waals surface area contributed by atoms with Gasteiger partial charge in [0.25, 0.3) is 0 Å². The molecule has 2 unspecified atom stereocenters. The largest absolute Gasteiger partial charge is 0.377 e. The topological polar surface area (TPSA) is 33.0 Å². The molecule has 0 heterocycles. The van der Waals surface area contributed by atoms with E-state index in [1.54, 1.807) is 0 Å². The molecule has 0 radical (unpaired) electrons. The molecule has 2 rings (SSSR count). The first-order chi connectivity index (χ1) is 8.40. The van der Waals surface area contributed by atoms with Crippen LogP contribution < -0.4 is 0 Å². The monoisotopic (exact) mass is 235 g/mol. The first-order valence-electron chi connectivity index (χ1n) is 7.41. The van der Waals surface area contributed by atoms with E-state index in [0.717, 1.165) is 25.4 Å². The maximum atomic E-state index is 9.19. The lowest BCUT2D eigenvalue weighted by molar-refractivity contribution is -0.00365. The Balaban J connectivity index is 1.77. The second-order valence-electron chi connectivity index (χ2n) is 5.75. The van der Waals surface area contributed by atoms with Crippen LogP contribution in [0.4, 0.5) is 0 Å². The Morgan fingerprint density at radius 1 is 0.882 bits per heavy atom. The number of rotatable bonds is 3. The third-order valence-corrected chi connectivity index (χ3v) is 4.39. The van der Waals surface area contributed by atoms with Crippen molar-refractivity contribution in [2.24, 2.45) is 11.8 Å². The zero-order valence-electron chi connectivity index (χ0n) is 10.9. The summed E-state index contributed by atoms with van der Waals surface area (Å²) in [7, 11) is 0. The Bertz CT molecular complexity index is 252. The molecule has 2 aliphatic carbocycles. The van der Waals surface area contributed by atoms with Crippen molar-refractivity contribution in [2.45, 2.75) is 70.3 Å². The van der Waals surface area contributed by atoms with E-state index in [0.29, 0.717) is 0 Å². The first-order valence-corrected chi connectivity index (χ1v) is 7.41. The minimum Gasteiger partial charge on any atom is -0.377 e. The Labute approximate surface area is 105 Å². The third kappa shape index (κ3) is 4.00. The summed E-state index contributed by atoms with van der Waals surface area (Å²) in [6, 6.07) is 2.46. The lowest BCUT2D eigenvalue weighted by Crippen LogP contribution is -2.25. The van der Waals surface area contributed by atoms with Gasteiger partial charge in [0.05, 0.1) is 18.1 Å². The highest BCUT2D eigenvalue weighted by Gasteiger charge is 2.25. The van der Waals surface area contributed by atoms with Gasteiger partial charge >= 0.3 is 0 Å². The van der Waals surface area contributed by atoms with Gasteiger partial charge in [0.1, 0.15) is 0 Å². The molecule has 2 fully saturated rings. The van der Waals surface area contributed by atoms with Crippen molar-refractivity contribution in [1.82, 2.24) is 0 Å². The third-order valence-electron chi connectivity index (χ3n) is 4.39. The molecule has 0 bridgehead atoms. The summed E-state index contributed by atoms with van der Waals surface area (Å²) in [5.41, 5.74) is 0. The second-order valence-corrected chi connectivity index (χ2v) is 5.75. The fraction of sp³-hybridized carbons (Fsp3) is 0.933. The summed E-state index contributed by atoms with van der Waals surface area (Å²) in [5, 5.41) is 9.19. The molecule has 0 N–H and O–H groups in total. The number of nitriles is 1. The van der Waals surface area contributed by atoms with Gasteiger partial charge in [0.15, 0.2) is 0 Å². The average molecular weight is 235 g/mol. The van der Waals surface area contributed by atoms with E-state index in [2.05, 4.69) is 6.07 Å². The number of hydrogen-bond donors (Lipinski definition) is 0. The van der Waals surface area contributed by atoms with E-state index in [4.69, 9.17) is 4.74 Å². The van der Waals surface area contributed by atoms with Crippen LogP contribution in [0.3, 0.4) is 0 Å². The zero-order chi connectivity index (χ0) is 11.9. The minimum absolute atomic E-state index is 0.154. The molecule has 2 heteroatoms. The lowest BCUT2D eigenvalue weighted by atomic mass is 9.90.